The van der Waals surface area contributed by atoms with Crippen LogP contribution >= 0.6 is 15.9 Å². The number of rotatable bonds is 13. The number of hydrogen-bond acceptors (Lipinski definition) is 5. The Morgan fingerprint density at radius 2 is 1.23 bits per heavy atom. The van der Waals surface area contributed by atoms with Crippen molar-refractivity contribution in [2.45, 2.75) is 99.2 Å². The lowest BCUT2D eigenvalue weighted by atomic mass is 9.73. The van der Waals surface area contributed by atoms with Crippen molar-refractivity contribution in [3.05, 3.63) is 118 Å². The van der Waals surface area contributed by atoms with Crippen LogP contribution in [0.2, 0.25) is 0 Å². The maximum atomic E-state index is 10.1. The van der Waals surface area contributed by atoms with E-state index in [0.717, 1.165) is 16.7 Å². The second-order valence-corrected chi connectivity index (χ2v) is 14.8. The molecular formula is C39H46BBrN4O3. The Balaban J connectivity index is 1.30. The fourth-order valence-electron chi connectivity index (χ4n) is 8.39. The molecule has 1 heterocycles. The Hall–Kier alpha value is -3.12. The van der Waals surface area contributed by atoms with Gasteiger partial charge >= 0.3 is 7.12 Å². The highest BCUT2D eigenvalue weighted by Crippen LogP contribution is 2.44. The summed E-state index contributed by atoms with van der Waals surface area (Å²) in [7, 11) is -0.541. The number of ether oxygens (including phenoxy) is 1. The highest BCUT2D eigenvalue weighted by Gasteiger charge is 2.52. The van der Waals surface area contributed by atoms with Gasteiger partial charge in [-0.05, 0) is 65.7 Å². The smallest absolute Gasteiger partial charge is 0.405 e. The molecule has 0 radical (unpaired) electrons. The van der Waals surface area contributed by atoms with Crippen molar-refractivity contribution in [1.82, 2.24) is 0 Å². The quantitative estimate of drug-likeness (QED) is 0.0441. The molecule has 0 aromatic heterocycles. The summed E-state index contributed by atoms with van der Waals surface area (Å²) < 4.78 is 20.5. The van der Waals surface area contributed by atoms with Crippen molar-refractivity contribution in [2.75, 3.05) is 6.61 Å². The molecule has 0 spiro atoms. The second kappa shape index (κ2) is 17.0. The van der Waals surface area contributed by atoms with Crippen LogP contribution in [0.3, 0.4) is 0 Å². The summed E-state index contributed by atoms with van der Waals surface area (Å²) in [6.45, 7) is 0.0853. The van der Waals surface area contributed by atoms with Gasteiger partial charge in [0, 0.05) is 11.3 Å². The molecule has 0 bridgehead atoms. The van der Waals surface area contributed by atoms with Crippen molar-refractivity contribution in [3.8, 4) is 6.07 Å². The SMILES string of the molecule is N#CC[C@@H]([C@H](Br)B1O[C@@H](C2CCCCC2)[C@H](C2CCCCC2)O1)[C@@H](COC(c1ccccc1)(c1ccccc1)c1ccccc1)N=[N+]=[N-]. The average Bonchev–Trinajstić information content (AvgIpc) is 3.61. The van der Waals surface area contributed by atoms with Gasteiger partial charge in [-0.3, -0.25) is 0 Å². The minimum absolute atomic E-state index is 0.0530. The van der Waals surface area contributed by atoms with Gasteiger partial charge in [0.05, 0.1) is 35.7 Å². The van der Waals surface area contributed by atoms with Crippen LogP contribution in [0.15, 0.2) is 96.1 Å². The lowest BCUT2D eigenvalue weighted by Crippen LogP contribution is -2.43. The predicted molar refractivity (Wildman–Crippen MR) is 193 cm³/mol. The third-order valence-electron chi connectivity index (χ3n) is 10.8. The molecule has 1 saturated heterocycles. The van der Waals surface area contributed by atoms with Crippen LogP contribution in [0.1, 0.15) is 87.3 Å². The van der Waals surface area contributed by atoms with E-state index >= 15 is 0 Å². The molecule has 3 aromatic carbocycles. The molecule has 3 fully saturated rings. The summed E-state index contributed by atoms with van der Waals surface area (Å²) in [4.78, 5) is 3.28. The minimum Gasteiger partial charge on any atom is -0.405 e. The van der Waals surface area contributed by atoms with Crippen LogP contribution in [0.4, 0.5) is 0 Å². The highest BCUT2D eigenvalue weighted by molar-refractivity contribution is 9.10. The molecule has 0 unspecified atom stereocenters. The van der Waals surface area contributed by atoms with E-state index in [-0.39, 0.29) is 30.0 Å². The van der Waals surface area contributed by atoms with Gasteiger partial charge in [0.25, 0.3) is 0 Å². The second-order valence-electron chi connectivity index (χ2n) is 13.7. The maximum absolute atomic E-state index is 10.1. The summed E-state index contributed by atoms with van der Waals surface area (Å²) in [6.07, 6.45) is 12.5. The normalized spacial score (nSPS) is 22.7. The van der Waals surface area contributed by atoms with Crippen molar-refractivity contribution >= 4 is 23.0 Å². The number of nitrogens with zero attached hydrogens (tertiary/aromatic N) is 4. The number of azide groups is 1. The molecule has 3 aliphatic rings. The van der Waals surface area contributed by atoms with E-state index in [9.17, 15) is 10.8 Å². The highest BCUT2D eigenvalue weighted by atomic mass is 79.9. The summed E-state index contributed by atoms with van der Waals surface area (Å²) in [6, 6.07) is 32.2. The van der Waals surface area contributed by atoms with Crippen molar-refractivity contribution in [3.63, 3.8) is 0 Å². The predicted octanol–water partition coefficient (Wildman–Crippen LogP) is 9.94. The minimum atomic E-state index is -0.982. The van der Waals surface area contributed by atoms with E-state index in [1.807, 2.05) is 54.6 Å². The third kappa shape index (κ3) is 7.69. The monoisotopic (exact) mass is 708 g/mol. The number of benzene rings is 3. The molecule has 7 nitrogen and oxygen atoms in total. The van der Waals surface area contributed by atoms with Crippen molar-refractivity contribution in [2.24, 2.45) is 22.9 Å². The summed E-state index contributed by atoms with van der Waals surface area (Å²) >= 11 is 3.96. The van der Waals surface area contributed by atoms with Crippen LogP contribution in [0.5, 0.6) is 0 Å². The van der Waals surface area contributed by atoms with E-state index in [0.29, 0.717) is 11.8 Å². The van der Waals surface area contributed by atoms with Crippen LogP contribution < -0.4 is 0 Å². The van der Waals surface area contributed by atoms with Gasteiger partial charge in [-0.2, -0.15) is 5.26 Å². The number of alkyl halides is 1. The summed E-state index contributed by atoms with van der Waals surface area (Å²) in [5, 5.41) is 14.4. The molecule has 6 rings (SSSR count). The first-order valence-electron chi connectivity index (χ1n) is 17.8. The lowest BCUT2D eigenvalue weighted by Gasteiger charge is -2.38. The molecule has 0 amide bonds. The van der Waals surface area contributed by atoms with Gasteiger partial charge in [-0.25, -0.2) is 0 Å². The van der Waals surface area contributed by atoms with Crippen LogP contribution in [-0.4, -0.2) is 36.7 Å². The first-order valence-corrected chi connectivity index (χ1v) is 18.7. The summed E-state index contributed by atoms with van der Waals surface area (Å²) in [5.41, 5.74) is 11.7. The Labute approximate surface area is 294 Å². The molecule has 2 aliphatic carbocycles. The lowest BCUT2D eigenvalue weighted by molar-refractivity contribution is -0.00170. The van der Waals surface area contributed by atoms with Gasteiger partial charge in [-0.15, -0.1) is 0 Å². The van der Waals surface area contributed by atoms with Crippen molar-refractivity contribution in [1.29, 1.82) is 5.26 Å². The van der Waals surface area contributed by atoms with Gasteiger partial charge in [0.1, 0.15) is 5.60 Å². The maximum Gasteiger partial charge on any atom is 0.472 e. The Bertz CT molecular complexity index is 1390. The molecule has 9 heteroatoms. The Morgan fingerprint density at radius 3 is 1.62 bits per heavy atom. The van der Waals surface area contributed by atoms with E-state index < -0.39 is 24.7 Å². The first-order chi connectivity index (χ1) is 23.7. The molecular weight excluding hydrogens is 663 g/mol. The molecule has 5 atom stereocenters. The fourth-order valence-corrected chi connectivity index (χ4v) is 9.18. The Kier molecular flexibility index (Phi) is 12.3. The standard InChI is InChI=1S/C39H46BBrN4O3/c41-38(40-47-36(29-16-6-1-7-17-29)37(48-40)30-18-8-2-9-19-30)34(26-27-42)35(44-45-43)28-46-39(31-20-10-3-11-21-31,32-22-12-4-13-23-32)33-24-14-5-15-25-33/h3-5,10-15,20-25,29-30,34-38H,1-2,6-9,16-19,26,28H2/t34-,35-,36+,37+,38+/m1/s1. The van der Waals surface area contributed by atoms with Crippen LogP contribution in [0, 0.1) is 29.1 Å². The van der Waals surface area contributed by atoms with Gasteiger partial charge in [0.15, 0.2) is 0 Å². The molecule has 1 aliphatic heterocycles. The van der Waals surface area contributed by atoms with Gasteiger partial charge < -0.3 is 14.0 Å². The molecule has 0 N–H and O–H groups in total. The van der Waals surface area contributed by atoms with Crippen LogP contribution in [-0.2, 0) is 19.6 Å². The topological polar surface area (TPSA) is 100 Å². The molecule has 2 saturated carbocycles. The van der Waals surface area contributed by atoms with Crippen molar-refractivity contribution < 1.29 is 14.0 Å². The zero-order chi connectivity index (χ0) is 33.2. The van der Waals surface area contributed by atoms with E-state index in [1.165, 1.54) is 64.2 Å². The number of hydrogen-bond donors (Lipinski definition) is 0. The summed E-state index contributed by atoms with van der Waals surface area (Å²) in [5.74, 6) is 0.571. The zero-order valence-corrected chi connectivity index (χ0v) is 29.2. The zero-order valence-electron chi connectivity index (χ0n) is 27.7. The fraction of sp³-hybridized carbons (Fsp3) is 0.513. The largest absolute Gasteiger partial charge is 0.472 e. The Morgan fingerprint density at radius 1 is 0.792 bits per heavy atom. The average molecular weight is 710 g/mol. The van der Waals surface area contributed by atoms with E-state index in [2.05, 4.69) is 68.4 Å². The molecule has 3 aromatic rings. The molecule has 48 heavy (non-hydrogen) atoms. The van der Waals surface area contributed by atoms with Gasteiger partial charge in [0.2, 0.25) is 0 Å². The number of halogens is 1. The molecule has 250 valence electrons. The van der Waals surface area contributed by atoms with Gasteiger partial charge in [-0.1, -0.05) is 151 Å². The first kappa shape index (κ1) is 34.7. The van der Waals surface area contributed by atoms with Crippen LogP contribution in [0.25, 0.3) is 10.4 Å². The van der Waals surface area contributed by atoms with E-state index in [4.69, 9.17) is 14.0 Å². The number of nitriles is 1. The van der Waals surface area contributed by atoms with E-state index in [1.54, 1.807) is 0 Å². The third-order valence-corrected chi connectivity index (χ3v) is 11.9.